The molecular weight excluding hydrogens is 512 g/mol. The van der Waals surface area contributed by atoms with Crippen LogP contribution in [0.4, 0.5) is 0 Å². The van der Waals surface area contributed by atoms with Crippen LogP contribution in [0.25, 0.3) is 67.6 Å². The largest absolute Gasteiger partial charge is 0.478 e. The fourth-order valence-electron chi connectivity index (χ4n) is 5.02. The number of aromatic amines is 1. The van der Waals surface area contributed by atoms with Gasteiger partial charge < -0.3 is 15.2 Å². The van der Waals surface area contributed by atoms with Gasteiger partial charge >= 0.3 is 11.9 Å². The number of aromatic nitrogens is 2. The number of carboxylic acid groups (broad SMARTS) is 2. The quantitative estimate of drug-likeness (QED) is 0.142. The second kappa shape index (κ2) is 10.8. The molecule has 41 heavy (non-hydrogen) atoms. The van der Waals surface area contributed by atoms with Gasteiger partial charge in [-0.15, -0.1) is 0 Å². The van der Waals surface area contributed by atoms with E-state index in [-0.39, 0.29) is 0 Å². The van der Waals surface area contributed by atoms with Crippen molar-refractivity contribution in [2.24, 2.45) is 0 Å². The van der Waals surface area contributed by atoms with E-state index in [1.54, 1.807) is 12.2 Å². The zero-order valence-electron chi connectivity index (χ0n) is 21.8. The molecule has 3 N–H and O–H groups in total. The number of benzene rings is 5. The van der Waals surface area contributed by atoms with Crippen molar-refractivity contribution in [3.8, 4) is 33.9 Å². The van der Waals surface area contributed by atoms with E-state index in [2.05, 4.69) is 35.3 Å². The summed E-state index contributed by atoms with van der Waals surface area (Å²) in [5.74, 6) is -1.28. The van der Waals surface area contributed by atoms with E-state index in [4.69, 9.17) is 15.2 Å². The van der Waals surface area contributed by atoms with Crippen molar-refractivity contribution in [3.63, 3.8) is 0 Å². The lowest BCUT2D eigenvalue weighted by atomic mass is 9.97. The Kier molecular flexibility index (Phi) is 6.71. The molecular formula is C35H24N2O4. The maximum atomic E-state index is 10.9. The van der Waals surface area contributed by atoms with Crippen LogP contribution >= 0.6 is 0 Å². The van der Waals surface area contributed by atoms with Gasteiger partial charge in [0.25, 0.3) is 0 Å². The van der Waals surface area contributed by atoms with E-state index in [0.717, 1.165) is 73.3 Å². The first-order valence-electron chi connectivity index (χ1n) is 13.0. The Morgan fingerprint density at radius 1 is 0.634 bits per heavy atom. The summed E-state index contributed by atoms with van der Waals surface area (Å²) in [6.45, 7) is 0. The maximum absolute atomic E-state index is 10.9. The third-order valence-electron chi connectivity index (χ3n) is 6.95. The summed E-state index contributed by atoms with van der Waals surface area (Å²) < 4.78 is 0. The van der Waals surface area contributed by atoms with Gasteiger partial charge in [0.15, 0.2) is 0 Å². The minimum absolute atomic E-state index is 0.724. The number of carbonyl (C=O) groups is 2. The average molecular weight is 537 g/mol. The highest BCUT2D eigenvalue weighted by Gasteiger charge is 2.18. The predicted molar refractivity (Wildman–Crippen MR) is 163 cm³/mol. The highest BCUT2D eigenvalue weighted by molar-refractivity contribution is 6.13. The predicted octanol–water partition coefficient (Wildman–Crippen LogP) is 7.91. The van der Waals surface area contributed by atoms with Crippen LogP contribution < -0.4 is 0 Å². The first kappa shape index (κ1) is 25.5. The van der Waals surface area contributed by atoms with Gasteiger partial charge in [-0.2, -0.15) is 0 Å². The van der Waals surface area contributed by atoms with E-state index < -0.39 is 11.9 Å². The van der Waals surface area contributed by atoms with Crippen molar-refractivity contribution in [2.75, 3.05) is 0 Å². The Bertz CT molecular complexity index is 1900. The molecule has 198 valence electrons. The molecule has 6 rings (SSSR count). The van der Waals surface area contributed by atoms with Crippen LogP contribution in [-0.4, -0.2) is 32.1 Å². The molecule has 1 aromatic heterocycles. The van der Waals surface area contributed by atoms with Gasteiger partial charge in [0, 0.05) is 28.8 Å². The zero-order chi connectivity index (χ0) is 28.3. The van der Waals surface area contributed by atoms with Crippen LogP contribution in [0, 0.1) is 0 Å². The lowest BCUT2D eigenvalue weighted by molar-refractivity contribution is -0.132. The van der Waals surface area contributed by atoms with Crippen molar-refractivity contribution in [1.82, 2.24) is 9.97 Å². The van der Waals surface area contributed by atoms with Crippen molar-refractivity contribution >= 4 is 45.6 Å². The summed E-state index contributed by atoms with van der Waals surface area (Å²) in [7, 11) is 0. The SMILES string of the molecule is O=C(O)C=Cc1ccc(-c2nc(-c3cc4ccccc4c4ccccc34)[nH]c2-c2ccc(C=CC(=O)O)cc2)cc1. The molecule has 0 unspecified atom stereocenters. The van der Waals surface area contributed by atoms with Crippen LogP contribution in [0.15, 0.2) is 115 Å². The summed E-state index contributed by atoms with van der Waals surface area (Å²) in [5.41, 5.74) is 5.85. The molecule has 0 radical (unpaired) electrons. The molecule has 0 saturated carbocycles. The Morgan fingerprint density at radius 2 is 1.17 bits per heavy atom. The number of hydrogen-bond acceptors (Lipinski definition) is 3. The number of rotatable bonds is 7. The number of hydrogen-bond donors (Lipinski definition) is 3. The fraction of sp³-hybridized carbons (Fsp3) is 0. The molecule has 6 heteroatoms. The zero-order valence-corrected chi connectivity index (χ0v) is 21.8. The summed E-state index contributed by atoms with van der Waals surface area (Å²) in [6, 6.07) is 33.9. The Labute approximate surface area is 235 Å². The Balaban J connectivity index is 1.52. The molecule has 0 aliphatic carbocycles. The molecule has 0 saturated heterocycles. The minimum atomic E-state index is -1.00. The molecule has 6 nitrogen and oxygen atoms in total. The van der Waals surface area contributed by atoms with Gasteiger partial charge in [-0.1, -0.05) is 97.1 Å². The van der Waals surface area contributed by atoms with Crippen molar-refractivity contribution < 1.29 is 19.8 Å². The molecule has 0 aliphatic rings. The third kappa shape index (κ3) is 5.27. The average Bonchev–Trinajstić information content (AvgIpc) is 3.44. The number of nitrogens with one attached hydrogen (secondary N) is 1. The number of imidazole rings is 1. The lowest BCUT2D eigenvalue weighted by Gasteiger charge is -2.09. The van der Waals surface area contributed by atoms with Crippen molar-refractivity contribution in [2.45, 2.75) is 0 Å². The van der Waals surface area contributed by atoms with E-state index >= 15 is 0 Å². The summed E-state index contributed by atoms with van der Waals surface area (Å²) in [5, 5.41) is 22.5. The second-order valence-corrected chi connectivity index (χ2v) is 9.59. The number of aliphatic carboxylic acids is 2. The van der Waals surface area contributed by atoms with Crippen LogP contribution in [0.3, 0.4) is 0 Å². The summed E-state index contributed by atoms with van der Waals surface area (Å²) >= 11 is 0. The van der Waals surface area contributed by atoms with E-state index in [1.807, 2.05) is 72.8 Å². The van der Waals surface area contributed by atoms with E-state index in [0.29, 0.717) is 0 Å². The van der Waals surface area contributed by atoms with Gasteiger partial charge in [-0.3, -0.25) is 0 Å². The molecule has 5 aromatic carbocycles. The van der Waals surface area contributed by atoms with Crippen molar-refractivity contribution in [3.05, 3.63) is 126 Å². The van der Waals surface area contributed by atoms with Crippen molar-refractivity contribution in [1.29, 1.82) is 0 Å². The summed E-state index contributed by atoms with van der Waals surface area (Å²) in [4.78, 5) is 30.6. The highest BCUT2D eigenvalue weighted by atomic mass is 16.4. The molecule has 1 heterocycles. The van der Waals surface area contributed by atoms with Crippen LogP contribution in [0.1, 0.15) is 11.1 Å². The van der Waals surface area contributed by atoms with Crippen LogP contribution in [0.5, 0.6) is 0 Å². The lowest BCUT2D eigenvalue weighted by Crippen LogP contribution is -1.87. The van der Waals surface area contributed by atoms with Crippen LogP contribution in [0.2, 0.25) is 0 Å². The molecule has 0 aliphatic heterocycles. The summed E-state index contributed by atoms with van der Waals surface area (Å²) in [6.07, 6.45) is 5.32. The standard InChI is InChI=1S/C35H24N2O4/c38-31(39)19-13-22-9-15-24(16-10-22)33-34(25-17-11-23(12-18-25)14-20-32(40)41)37-35(36-33)30-21-26-5-1-2-6-27(26)28-7-3-4-8-29(28)30/h1-21H,(H,36,37)(H,38,39)(H,40,41). The number of fused-ring (bicyclic) bond motifs is 3. The normalized spacial score (nSPS) is 11.6. The minimum Gasteiger partial charge on any atom is -0.478 e. The Hall–Kier alpha value is -5.75. The van der Waals surface area contributed by atoms with Gasteiger partial charge in [0.2, 0.25) is 0 Å². The number of nitrogens with zero attached hydrogens (tertiary/aromatic N) is 1. The topological polar surface area (TPSA) is 103 Å². The van der Waals surface area contributed by atoms with Gasteiger partial charge in [-0.25, -0.2) is 14.6 Å². The highest BCUT2D eigenvalue weighted by Crippen LogP contribution is 2.38. The second-order valence-electron chi connectivity index (χ2n) is 9.59. The number of H-pyrrole nitrogens is 1. The molecule has 0 spiro atoms. The number of carboxylic acids is 2. The third-order valence-corrected chi connectivity index (χ3v) is 6.95. The first-order valence-corrected chi connectivity index (χ1v) is 13.0. The molecule has 0 bridgehead atoms. The van der Waals surface area contributed by atoms with E-state index in [1.165, 1.54) is 5.39 Å². The van der Waals surface area contributed by atoms with E-state index in [9.17, 15) is 9.59 Å². The molecule has 0 fully saturated rings. The monoisotopic (exact) mass is 536 g/mol. The van der Waals surface area contributed by atoms with Gasteiger partial charge in [-0.05, 0) is 50.9 Å². The van der Waals surface area contributed by atoms with Crippen LogP contribution in [-0.2, 0) is 9.59 Å². The molecule has 0 atom stereocenters. The first-order chi connectivity index (χ1) is 20.0. The fourth-order valence-corrected chi connectivity index (χ4v) is 5.02. The Morgan fingerprint density at radius 3 is 1.78 bits per heavy atom. The maximum Gasteiger partial charge on any atom is 0.328 e. The smallest absolute Gasteiger partial charge is 0.328 e. The van der Waals surface area contributed by atoms with Gasteiger partial charge in [0.05, 0.1) is 11.4 Å². The molecule has 6 aromatic rings. The van der Waals surface area contributed by atoms with Gasteiger partial charge in [0.1, 0.15) is 5.82 Å². The molecule has 0 amide bonds.